The number of hydrogen-bond acceptors (Lipinski definition) is 5. The van der Waals surface area contributed by atoms with E-state index in [1.807, 2.05) is 18.2 Å². The minimum atomic E-state index is 0.346. The molecule has 0 atom stereocenters. The molecule has 1 aromatic carbocycles. The van der Waals surface area contributed by atoms with Gasteiger partial charge in [0.1, 0.15) is 12.0 Å². The van der Waals surface area contributed by atoms with Crippen molar-refractivity contribution in [1.29, 1.82) is 0 Å². The fourth-order valence-corrected chi connectivity index (χ4v) is 2.07. The smallest absolute Gasteiger partial charge is 0.242 e. The topological polar surface area (TPSA) is 73.1 Å². The molecule has 0 unspecified atom stereocenters. The Labute approximate surface area is 121 Å². The van der Waals surface area contributed by atoms with Gasteiger partial charge in [-0.2, -0.15) is 4.98 Å². The van der Waals surface area contributed by atoms with Gasteiger partial charge in [0.25, 0.3) is 0 Å². The van der Waals surface area contributed by atoms with Gasteiger partial charge in [-0.1, -0.05) is 15.9 Å². The number of aromatic nitrogens is 2. The van der Waals surface area contributed by atoms with Gasteiger partial charge in [0.15, 0.2) is 5.82 Å². The first-order chi connectivity index (χ1) is 8.61. The van der Waals surface area contributed by atoms with Crippen LogP contribution in [0.4, 0.5) is 17.2 Å². The van der Waals surface area contributed by atoms with Gasteiger partial charge in [-0.3, -0.25) is 0 Å². The van der Waals surface area contributed by atoms with Crippen molar-refractivity contribution in [3.05, 3.63) is 33.5 Å². The third-order valence-electron chi connectivity index (χ3n) is 2.22. The summed E-state index contributed by atoms with van der Waals surface area (Å²) in [5, 5.41) is 3.12. The third-order valence-corrected chi connectivity index (χ3v) is 3.41. The lowest BCUT2D eigenvalue weighted by molar-refractivity contribution is 0.399. The summed E-state index contributed by atoms with van der Waals surface area (Å²) in [5.41, 5.74) is 7.10. The normalized spacial score (nSPS) is 10.2. The van der Waals surface area contributed by atoms with Gasteiger partial charge in [0.2, 0.25) is 5.88 Å². The van der Waals surface area contributed by atoms with Crippen LogP contribution < -0.4 is 15.8 Å². The maximum absolute atomic E-state index is 5.89. The number of rotatable bonds is 3. The molecule has 0 fully saturated rings. The number of anilines is 3. The molecule has 0 radical (unpaired) electrons. The molecule has 0 saturated heterocycles. The third kappa shape index (κ3) is 2.73. The van der Waals surface area contributed by atoms with Gasteiger partial charge in [-0.25, -0.2) is 4.98 Å². The molecule has 0 amide bonds. The van der Waals surface area contributed by atoms with Crippen LogP contribution in [0, 0.1) is 0 Å². The molecular weight excluding hydrogens is 364 g/mol. The van der Waals surface area contributed by atoms with Gasteiger partial charge in [-0.05, 0) is 34.1 Å². The average molecular weight is 374 g/mol. The summed E-state index contributed by atoms with van der Waals surface area (Å²) in [6.45, 7) is 0. The summed E-state index contributed by atoms with van der Waals surface area (Å²) in [7, 11) is 1.51. The minimum Gasteiger partial charge on any atom is -0.479 e. The maximum atomic E-state index is 5.89. The highest BCUT2D eigenvalue weighted by atomic mass is 79.9. The summed E-state index contributed by atoms with van der Waals surface area (Å²) < 4.78 is 6.90. The van der Waals surface area contributed by atoms with Gasteiger partial charge < -0.3 is 15.8 Å². The molecule has 1 aromatic heterocycles. The highest BCUT2D eigenvalue weighted by molar-refractivity contribution is 9.11. The molecule has 0 bridgehead atoms. The number of halogens is 2. The number of methoxy groups -OCH3 is 1. The zero-order chi connectivity index (χ0) is 13.1. The first-order valence-corrected chi connectivity index (χ1v) is 6.57. The Balaban J connectivity index is 2.37. The lowest BCUT2D eigenvalue weighted by atomic mass is 10.3. The Morgan fingerprint density at radius 2 is 2.06 bits per heavy atom. The first kappa shape index (κ1) is 13.1. The predicted molar refractivity (Wildman–Crippen MR) is 78.1 cm³/mol. The molecule has 5 nitrogen and oxygen atoms in total. The van der Waals surface area contributed by atoms with E-state index in [4.69, 9.17) is 10.5 Å². The molecule has 0 aliphatic carbocycles. The number of ether oxygens (including phenoxy) is 1. The average Bonchev–Trinajstić information content (AvgIpc) is 2.36. The summed E-state index contributed by atoms with van der Waals surface area (Å²) in [5.74, 6) is 0.847. The molecule has 1 heterocycles. The van der Waals surface area contributed by atoms with Gasteiger partial charge >= 0.3 is 0 Å². The van der Waals surface area contributed by atoms with Crippen LogP contribution in [-0.4, -0.2) is 17.1 Å². The van der Waals surface area contributed by atoms with E-state index < -0.39 is 0 Å². The van der Waals surface area contributed by atoms with Crippen molar-refractivity contribution >= 4 is 49.1 Å². The van der Waals surface area contributed by atoms with Gasteiger partial charge in [0, 0.05) is 8.95 Å². The van der Waals surface area contributed by atoms with Crippen LogP contribution in [0.2, 0.25) is 0 Å². The van der Waals surface area contributed by atoms with Crippen molar-refractivity contribution in [3.8, 4) is 5.88 Å². The molecular formula is C11H10Br2N4O. The Hall–Kier alpha value is -1.34. The van der Waals surface area contributed by atoms with Gasteiger partial charge in [0.05, 0.1) is 12.8 Å². The van der Waals surface area contributed by atoms with E-state index in [1.165, 1.54) is 13.4 Å². The van der Waals surface area contributed by atoms with E-state index in [0.717, 1.165) is 14.6 Å². The van der Waals surface area contributed by atoms with Crippen molar-refractivity contribution in [2.24, 2.45) is 0 Å². The van der Waals surface area contributed by atoms with E-state index in [2.05, 4.69) is 47.1 Å². The summed E-state index contributed by atoms with van der Waals surface area (Å²) in [6, 6.07) is 5.76. The van der Waals surface area contributed by atoms with Gasteiger partial charge in [-0.15, -0.1) is 0 Å². The molecule has 18 heavy (non-hydrogen) atoms. The van der Waals surface area contributed by atoms with E-state index >= 15 is 0 Å². The van der Waals surface area contributed by atoms with Crippen LogP contribution in [0.3, 0.4) is 0 Å². The van der Waals surface area contributed by atoms with E-state index in [9.17, 15) is 0 Å². The molecule has 0 saturated carbocycles. The fraction of sp³-hybridized carbons (Fsp3) is 0.0909. The number of benzene rings is 1. The van der Waals surface area contributed by atoms with Crippen molar-refractivity contribution in [3.63, 3.8) is 0 Å². The highest BCUT2D eigenvalue weighted by Crippen LogP contribution is 2.32. The number of hydrogen-bond donors (Lipinski definition) is 2. The molecule has 2 rings (SSSR count). The molecule has 94 valence electrons. The Morgan fingerprint density at radius 3 is 2.78 bits per heavy atom. The van der Waals surface area contributed by atoms with Crippen molar-refractivity contribution < 1.29 is 4.74 Å². The molecule has 7 heteroatoms. The minimum absolute atomic E-state index is 0.346. The lowest BCUT2D eigenvalue weighted by Crippen LogP contribution is -2.03. The molecule has 0 aliphatic heterocycles. The summed E-state index contributed by atoms with van der Waals surface area (Å²) >= 11 is 6.86. The van der Waals surface area contributed by atoms with Crippen molar-refractivity contribution in [1.82, 2.24) is 9.97 Å². The zero-order valence-electron chi connectivity index (χ0n) is 9.45. The zero-order valence-corrected chi connectivity index (χ0v) is 12.6. The highest BCUT2D eigenvalue weighted by Gasteiger charge is 2.10. The number of nitrogens with zero attached hydrogens (tertiary/aromatic N) is 2. The van der Waals surface area contributed by atoms with Crippen LogP contribution in [0.15, 0.2) is 33.5 Å². The summed E-state index contributed by atoms with van der Waals surface area (Å²) in [4.78, 5) is 8.01. The molecule has 3 N–H and O–H groups in total. The van der Waals surface area contributed by atoms with E-state index in [0.29, 0.717) is 17.4 Å². The largest absolute Gasteiger partial charge is 0.479 e. The second kappa shape index (κ2) is 5.53. The standard InChI is InChI=1S/C11H10Br2N4O/c1-18-11-9(14)10(15-5-16-11)17-8-4-6(12)2-3-7(8)13/h2-5H,14H2,1H3,(H,15,16,17). The van der Waals surface area contributed by atoms with Crippen molar-refractivity contribution in [2.45, 2.75) is 0 Å². The van der Waals surface area contributed by atoms with Crippen LogP contribution >= 0.6 is 31.9 Å². The lowest BCUT2D eigenvalue weighted by Gasteiger charge is -2.11. The molecule has 2 aromatic rings. The van der Waals surface area contributed by atoms with Crippen LogP contribution in [-0.2, 0) is 0 Å². The SMILES string of the molecule is COc1ncnc(Nc2cc(Br)ccc2Br)c1N. The Bertz CT molecular complexity index is 577. The van der Waals surface area contributed by atoms with Crippen LogP contribution in [0.25, 0.3) is 0 Å². The molecule has 0 spiro atoms. The predicted octanol–water partition coefficient (Wildman–Crippen LogP) is 3.34. The number of nitrogens with one attached hydrogen (secondary N) is 1. The van der Waals surface area contributed by atoms with E-state index in [-0.39, 0.29) is 0 Å². The number of nitrogens with two attached hydrogens (primary N) is 1. The second-order valence-corrected chi connectivity index (χ2v) is 5.16. The summed E-state index contributed by atoms with van der Waals surface area (Å²) in [6.07, 6.45) is 1.39. The van der Waals surface area contributed by atoms with Crippen LogP contribution in [0.5, 0.6) is 5.88 Å². The molecule has 0 aliphatic rings. The number of nitrogen functional groups attached to an aromatic ring is 1. The maximum Gasteiger partial charge on any atom is 0.242 e. The monoisotopic (exact) mass is 372 g/mol. The van der Waals surface area contributed by atoms with Crippen molar-refractivity contribution in [2.75, 3.05) is 18.2 Å². The Kier molecular flexibility index (Phi) is 4.03. The fourth-order valence-electron chi connectivity index (χ4n) is 1.36. The quantitative estimate of drug-likeness (QED) is 0.863. The first-order valence-electron chi connectivity index (χ1n) is 4.98. The Morgan fingerprint density at radius 1 is 1.28 bits per heavy atom. The second-order valence-electron chi connectivity index (χ2n) is 3.39. The van der Waals surface area contributed by atoms with E-state index in [1.54, 1.807) is 0 Å². The van der Waals surface area contributed by atoms with Crippen LogP contribution in [0.1, 0.15) is 0 Å².